The average molecular weight is 444 g/mol. The molecule has 0 spiro atoms. The van der Waals surface area contributed by atoms with Crippen molar-refractivity contribution in [3.63, 3.8) is 0 Å². The Morgan fingerprint density at radius 3 is 2.73 bits per heavy atom. The summed E-state index contributed by atoms with van der Waals surface area (Å²) in [6.07, 6.45) is 5.11. The number of nitrogens with one attached hydrogen (secondary N) is 2. The number of aromatic nitrogens is 4. The van der Waals surface area contributed by atoms with Gasteiger partial charge in [0.25, 0.3) is 5.56 Å². The standard InChI is InChI=1S/C24H24N6O3/c1-29-21-11-15(17-12-25-26-13-17)4-9-20(21)28-22(23(29)31)27-18-5-7-19(8-6-18)30-10-2-3-16(14-30)24(32)33/h4-9,11-13,16H,2-3,10,14H2,1H3,(H,25,26)(H,27,28)(H,32,33). The van der Waals surface area contributed by atoms with Gasteiger partial charge in [-0.25, -0.2) is 4.98 Å². The first-order valence-electron chi connectivity index (χ1n) is 10.8. The van der Waals surface area contributed by atoms with E-state index in [4.69, 9.17) is 0 Å². The van der Waals surface area contributed by atoms with E-state index >= 15 is 0 Å². The number of fused-ring (bicyclic) bond motifs is 1. The van der Waals surface area contributed by atoms with Crippen LogP contribution in [0.15, 0.2) is 59.7 Å². The summed E-state index contributed by atoms with van der Waals surface area (Å²) in [6, 6.07) is 13.4. The maximum Gasteiger partial charge on any atom is 0.308 e. The van der Waals surface area contributed by atoms with Crippen LogP contribution < -0.4 is 15.8 Å². The van der Waals surface area contributed by atoms with Gasteiger partial charge in [-0.1, -0.05) is 6.07 Å². The van der Waals surface area contributed by atoms with E-state index in [-0.39, 0.29) is 17.3 Å². The molecule has 1 unspecified atom stereocenters. The molecule has 0 radical (unpaired) electrons. The molecule has 3 N–H and O–H groups in total. The summed E-state index contributed by atoms with van der Waals surface area (Å²) >= 11 is 0. The zero-order valence-corrected chi connectivity index (χ0v) is 18.2. The minimum Gasteiger partial charge on any atom is -0.481 e. The maximum atomic E-state index is 13.0. The van der Waals surface area contributed by atoms with E-state index in [1.807, 2.05) is 42.5 Å². The normalized spacial score (nSPS) is 16.2. The Bertz CT molecular complexity index is 1360. The van der Waals surface area contributed by atoms with Gasteiger partial charge in [0.2, 0.25) is 0 Å². The molecule has 168 valence electrons. The quantitative estimate of drug-likeness (QED) is 0.432. The predicted molar refractivity (Wildman–Crippen MR) is 127 cm³/mol. The van der Waals surface area contributed by atoms with Crippen LogP contribution >= 0.6 is 0 Å². The van der Waals surface area contributed by atoms with Gasteiger partial charge in [-0.05, 0) is 54.8 Å². The van der Waals surface area contributed by atoms with E-state index in [1.54, 1.807) is 24.0 Å². The summed E-state index contributed by atoms with van der Waals surface area (Å²) in [7, 11) is 1.73. The Kier molecular flexibility index (Phi) is 5.29. The molecule has 2 aromatic heterocycles. The van der Waals surface area contributed by atoms with Crippen molar-refractivity contribution in [1.29, 1.82) is 0 Å². The van der Waals surface area contributed by atoms with Gasteiger partial charge >= 0.3 is 5.97 Å². The molecule has 0 bridgehead atoms. The van der Waals surface area contributed by atoms with E-state index in [9.17, 15) is 14.7 Å². The molecule has 33 heavy (non-hydrogen) atoms. The van der Waals surface area contributed by atoms with E-state index in [0.717, 1.165) is 41.0 Å². The second-order valence-corrected chi connectivity index (χ2v) is 8.31. The van der Waals surface area contributed by atoms with Crippen molar-refractivity contribution in [3.8, 4) is 11.1 Å². The molecule has 1 aliphatic heterocycles. The Morgan fingerprint density at radius 2 is 2.00 bits per heavy atom. The number of carboxylic acids is 1. The van der Waals surface area contributed by atoms with E-state index in [0.29, 0.717) is 18.5 Å². The van der Waals surface area contributed by atoms with Gasteiger partial charge in [-0.15, -0.1) is 0 Å². The molecule has 4 aromatic rings. The van der Waals surface area contributed by atoms with Crippen LogP contribution in [0.25, 0.3) is 22.2 Å². The van der Waals surface area contributed by atoms with Crippen molar-refractivity contribution in [2.75, 3.05) is 23.3 Å². The first-order chi connectivity index (χ1) is 16.0. The van der Waals surface area contributed by atoms with Crippen molar-refractivity contribution in [3.05, 3.63) is 65.2 Å². The molecule has 3 heterocycles. The van der Waals surface area contributed by atoms with Gasteiger partial charge in [-0.2, -0.15) is 5.10 Å². The predicted octanol–water partition coefficient (Wildman–Crippen LogP) is 3.37. The van der Waals surface area contributed by atoms with E-state index < -0.39 is 5.97 Å². The lowest BCUT2D eigenvalue weighted by Gasteiger charge is -2.32. The molecule has 1 atom stereocenters. The lowest BCUT2D eigenvalue weighted by molar-refractivity contribution is -0.141. The molecule has 2 aromatic carbocycles. The Hall–Kier alpha value is -4.14. The third-order valence-electron chi connectivity index (χ3n) is 6.17. The number of aryl methyl sites for hydroxylation is 1. The number of carboxylic acid groups (broad SMARTS) is 1. The number of anilines is 3. The Morgan fingerprint density at radius 1 is 1.18 bits per heavy atom. The molecule has 0 amide bonds. The molecule has 0 saturated carbocycles. The van der Waals surface area contributed by atoms with Crippen LogP contribution in [-0.4, -0.2) is 43.9 Å². The SMILES string of the molecule is Cn1c(=O)c(Nc2ccc(N3CCCC(C(=O)O)C3)cc2)nc2ccc(-c3cn[nH]c3)cc21. The van der Waals surface area contributed by atoms with Crippen molar-refractivity contribution in [2.24, 2.45) is 13.0 Å². The molecule has 0 aliphatic carbocycles. The number of aliphatic carboxylic acids is 1. The second kappa shape index (κ2) is 8.42. The zero-order chi connectivity index (χ0) is 22.9. The fourth-order valence-corrected chi connectivity index (χ4v) is 4.30. The Labute approximate surface area is 189 Å². The molecular weight excluding hydrogens is 420 g/mol. The summed E-state index contributed by atoms with van der Waals surface area (Å²) in [4.78, 5) is 30.9. The van der Waals surface area contributed by atoms with Gasteiger partial charge in [0, 0.05) is 43.3 Å². The zero-order valence-electron chi connectivity index (χ0n) is 18.2. The number of nitrogens with zero attached hydrogens (tertiary/aromatic N) is 4. The number of H-pyrrole nitrogens is 1. The lowest BCUT2D eigenvalue weighted by atomic mass is 9.98. The molecule has 1 aliphatic rings. The van der Waals surface area contributed by atoms with Crippen LogP contribution in [0, 0.1) is 5.92 Å². The highest BCUT2D eigenvalue weighted by atomic mass is 16.4. The molecular formula is C24H24N6O3. The van der Waals surface area contributed by atoms with Crippen molar-refractivity contribution in [2.45, 2.75) is 12.8 Å². The summed E-state index contributed by atoms with van der Waals surface area (Å²) in [5, 5.41) is 19.2. The van der Waals surface area contributed by atoms with Gasteiger partial charge < -0.3 is 19.9 Å². The van der Waals surface area contributed by atoms with Crippen LogP contribution in [0.2, 0.25) is 0 Å². The third kappa shape index (κ3) is 4.05. The smallest absolute Gasteiger partial charge is 0.308 e. The molecule has 5 rings (SSSR count). The van der Waals surface area contributed by atoms with Gasteiger partial charge in [0.05, 0.1) is 23.1 Å². The van der Waals surface area contributed by atoms with Crippen molar-refractivity contribution < 1.29 is 9.90 Å². The van der Waals surface area contributed by atoms with Crippen LogP contribution in [0.1, 0.15) is 12.8 Å². The van der Waals surface area contributed by atoms with Crippen LogP contribution in [-0.2, 0) is 11.8 Å². The Balaban J connectivity index is 1.39. The highest BCUT2D eigenvalue weighted by molar-refractivity contribution is 5.83. The van der Waals surface area contributed by atoms with Crippen LogP contribution in [0.4, 0.5) is 17.2 Å². The number of benzene rings is 2. The number of piperidine rings is 1. The molecule has 9 heteroatoms. The monoisotopic (exact) mass is 444 g/mol. The number of carbonyl (C=O) groups is 1. The van der Waals surface area contributed by atoms with Gasteiger partial charge in [0.1, 0.15) is 0 Å². The fraction of sp³-hybridized carbons (Fsp3) is 0.250. The summed E-state index contributed by atoms with van der Waals surface area (Å²) in [6.45, 7) is 1.35. The first kappa shape index (κ1) is 20.7. The largest absolute Gasteiger partial charge is 0.481 e. The number of rotatable bonds is 5. The first-order valence-corrected chi connectivity index (χ1v) is 10.8. The minimum absolute atomic E-state index is 0.226. The number of hydrogen-bond donors (Lipinski definition) is 3. The average Bonchev–Trinajstić information content (AvgIpc) is 3.38. The van der Waals surface area contributed by atoms with Crippen molar-refractivity contribution in [1.82, 2.24) is 19.7 Å². The van der Waals surface area contributed by atoms with Crippen LogP contribution in [0.5, 0.6) is 0 Å². The van der Waals surface area contributed by atoms with Crippen molar-refractivity contribution >= 4 is 34.2 Å². The maximum absolute atomic E-state index is 13.0. The molecule has 9 nitrogen and oxygen atoms in total. The van der Waals surface area contributed by atoms with E-state index in [1.165, 1.54) is 0 Å². The number of aromatic amines is 1. The van der Waals surface area contributed by atoms with Crippen LogP contribution in [0.3, 0.4) is 0 Å². The number of hydrogen-bond acceptors (Lipinski definition) is 6. The molecule has 1 fully saturated rings. The fourth-order valence-electron chi connectivity index (χ4n) is 4.30. The minimum atomic E-state index is -0.743. The molecule has 1 saturated heterocycles. The van der Waals surface area contributed by atoms with E-state index in [2.05, 4.69) is 25.4 Å². The highest BCUT2D eigenvalue weighted by Gasteiger charge is 2.25. The van der Waals surface area contributed by atoms with Gasteiger partial charge in [-0.3, -0.25) is 14.7 Å². The second-order valence-electron chi connectivity index (χ2n) is 8.31. The van der Waals surface area contributed by atoms with Gasteiger partial charge in [0.15, 0.2) is 5.82 Å². The highest BCUT2D eigenvalue weighted by Crippen LogP contribution is 2.26. The topological polar surface area (TPSA) is 116 Å². The summed E-state index contributed by atoms with van der Waals surface area (Å²) in [5.41, 5.74) is 4.81. The summed E-state index contributed by atoms with van der Waals surface area (Å²) in [5.74, 6) is -0.832. The summed E-state index contributed by atoms with van der Waals surface area (Å²) < 4.78 is 1.59. The lowest BCUT2D eigenvalue weighted by Crippen LogP contribution is -2.38. The third-order valence-corrected chi connectivity index (χ3v) is 6.17.